The number of aliphatic hydroxyl groups is 3. The van der Waals surface area contributed by atoms with Crippen LogP contribution >= 0.6 is 21.6 Å². The molecule has 0 radical (unpaired) electrons. The zero-order chi connectivity index (χ0) is 54.0. The summed E-state index contributed by atoms with van der Waals surface area (Å²) in [6.07, 6.45) is -0.226. The van der Waals surface area contributed by atoms with Crippen molar-refractivity contribution < 1.29 is 48.9 Å². The second-order valence-corrected chi connectivity index (χ2v) is 21.2. The minimum atomic E-state index is -1.67. The van der Waals surface area contributed by atoms with Crippen LogP contribution in [0.15, 0.2) is 103 Å². The second-order valence-electron chi connectivity index (χ2n) is 18.6. The number of carbonyl (C=O) groups is 7. The highest BCUT2D eigenvalue weighted by atomic mass is 33.1. The van der Waals surface area contributed by atoms with Crippen LogP contribution in [0.2, 0.25) is 0 Å². The zero-order valence-corrected chi connectivity index (χ0v) is 43.5. The van der Waals surface area contributed by atoms with Crippen LogP contribution in [0.5, 0.6) is 0 Å². The summed E-state index contributed by atoms with van der Waals surface area (Å²) in [5.74, 6) is -6.05. The Hall–Kier alpha value is -6.53. The van der Waals surface area contributed by atoms with Crippen LogP contribution in [-0.4, -0.2) is 147 Å². The van der Waals surface area contributed by atoms with Crippen molar-refractivity contribution in [3.8, 4) is 0 Å². The number of fused-ring (bicyclic) bond motifs is 2. The first kappa shape index (κ1) is 57.7. The first-order valence-corrected chi connectivity index (χ1v) is 27.4. The van der Waals surface area contributed by atoms with Gasteiger partial charge in [-0.2, -0.15) is 0 Å². The molecule has 0 bridgehead atoms. The number of rotatable bonds is 17. The van der Waals surface area contributed by atoms with Crippen molar-refractivity contribution >= 4 is 84.6 Å². The monoisotopic (exact) mass is 1070 g/mol. The van der Waals surface area contributed by atoms with Crippen molar-refractivity contribution in [2.75, 3.05) is 24.7 Å². The quantitative estimate of drug-likeness (QED) is 0.0442. The topological polar surface area (TPSA) is 332 Å². The molecule has 2 heterocycles. The number of unbranched alkanes of at least 4 members (excludes halogenated alkanes) is 1. The van der Waals surface area contributed by atoms with Crippen LogP contribution < -0.4 is 48.7 Å². The highest BCUT2D eigenvalue weighted by Crippen LogP contribution is 2.25. The van der Waals surface area contributed by atoms with Gasteiger partial charge in [-0.25, -0.2) is 0 Å². The number of aromatic amines is 1. The third-order valence-corrected chi connectivity index (χ3v) is 15.3. The Kier molecular flexibility index (Phi) is 21.9. The number of amides is 7. The third kappa shape index (κ3) is 16.5. The summed E-state index contributed by atoms with van der Waals surface area (Å²) in [5, 5.41) is 52.5. The Morgan fingerprint density at radius 3 is 2.00 bits per heavy atom. The largest absolute Gasteiger partial charge is 0.394 e. The van der Waals surface area contributed by atoms with Gasteiger partial charge in [0.2, 0.25) is 41.4 Å². The lowest BCUT2D eigenvalue weighted by molar-refractivity contribution is -0.136. The molecule has 1 fully saturated rings. The molecule has 1 aliphatic heterocycles. The van der Waals surface area contributed by atoms with Crippen molar-refractivity contribution in [3.05, 3.63) is 120 Å². The Morgan fingerprint density at radius 1 is 0.693 bits per heavy atom. The number of benzene rings is 4. The van der Waals surface area contributed by atoms with Gasteiger partial charge in [-0.05, 0) is 79.6 Å². The van der Waals surface area contributed by atoms with E-state index in [1.807, 2.05) is 84.9 Å². The summed E-state index contributed by atoms with van der Waals surface area (Å²) in [7, 11) is 2.06. The highest BCUT2D eigenvalue weighted by molar-refractivity contribution is 8.76. The molecular formula is C53H68N10O10S2. The van der Waals surface area contributed by atoms with Crippen molar-refractivity contribution in [2.24, 2.45) is 11.5 Å². The van der Waals surface area contributed by atoms with Gasteiger partial charge in [0.05, 0.1) is 30.9 Å². The Labute approximate surface area is 442 Å². The molecule has 1 saturated heterocycles. The van der Waals surface area contributed by atoms with E-state index in [0.717, 1.165) is 48.8 Å². The SMILES string of the molecule is C[C@@H](O)[C@@H]1NC(=O)[C@H](CCCCN)NC(=O)[C@@H](Cc2c[nH]c3ccccc23)NC(=O)[C@@H](Cc2cccc3ccccc23)NC(=O)[C@@H](NC(=O)[C@H](N)Cc2ccccc2)CSSC[C@@H](C(=O)N[C@H](CO)[C@@H](C)O)NC1=O. The van der Waals surface area contributed by atoms with Gasteiger partial charge in [-0.1, -0.05) is 113 Å². The lowest BCUT2D eigenvalue weighted by atomic mass is 9.97. The number of aliphatic hydroxyl groups excluding tert-OH is 3. The maximum atomic E-state index is 15.1. The van der Waals surface area contributed by atoms with Gasteiger partial charge in [-0.15, -0.1) is 0 Å². The molecular weight excluding hydrogens is 1000 g/mol. The summed E-state index contributed by atoms with van der Waals surface area (Å²) in [5.41, 5.74) is 15.1. The number of hydrogen-bond donors (Lipinski definition) is 13. The summed E-state index contributed by atoms with van der Waals surface area (Å²) < 4.78 is 0. The molecule has 75 heavy (non-hydrogen) atoms. The molecule has 1 aliphatic rings. The second kappa shape index (κ2) is 28.4. The smallest absolute Gasteiger partial charge is 0.245 e. The number of hydrogen-bond acceptors (Lipinski definition) is 14. The summed E-state index contributed by atoms with van der Waals surface area (Å²) in [6, 6.07) is 18.7. The van der Waals surface area contributed by atoms with Gasteiger partial charge >= 0.3 is 0 Å². The molecule has 5 aromatic rings. The highest BCUT2D eigenvalue weighted by Gasteiger charge is 2.36. The Morgan fingerprint density at radius 2 is 1.31 bits per heavy atom. The fraction of sp³-hybridized carbons (Fsp3) is 0.415. The van der Waals surface area contributed by atoms with E-state index in [-0.39, 0.29) is 43.7 Å². The van der Waals surface area contributed by atoms with Gasteiger partial charge in [0, 0.05) is 41.4 Å². The molecule has 15 N–H and O–H groups in total. The summed E-state index contributed by atoms with van der Waals surface area (Å²) in [6.45, 7) is 2.22. The fourth-order valence-corrected chi connectivity index (χ4v) is 10.9. The third-order valence-electron chi connectivity index (χ3n) is 12.9. The molecule has 0 unspecified atom stereocenters. The van der Waals surface area contributed by atoms with E-state index in [4.69, 9.17) is 11.5 Å². The van der Waals surface area contributed by atoms with E-state index >= 15 is 4.79 Å². The van der Waals surface area contributed by atoms with Crippen molar-refractivity contribution in [1.29, 1.82) is 0 Å². The molecule has 20 nitrogen and oxygen atoms in total. The minimum absolute atomic E-state index is 0.0271. The van der Waals surface area contributed by atoms with Gasteiger partial charge in [0.1, 0.15) is 36.3 Å². The van der Waals surface area contributed by atoms with Gasteiger partial charge in [-0.3, -0.25) is 33.6 Å². The molecule has 0 spiro atoms. The number of para-hydroxylation sites is 1. The summed E-state index contributed by atoms with van der Waals surface area (Å²) >= 11 is 0. The number of aromatic nitrogens is 1. The predicted octanol–water partition coefficient (Wildman–Crippen LogP) is 0.348. The van der Waals surface area contributed by atoms with E-state index in [2.05, 4.69) is 42.2 Å². The number of nitrogens with one attached hydrogen (secondary N) is 8. The minimum Gasteiger partial charge on any atom is -0.394 e. The molecule has 0 saturated carbocycles. The Balaban J connectivity index is 1.42. The van der Waals surface area contributed by atoms with E-state index in [9.17, 15) is 44.1 Å². The average Bonchev–Trinajstić information content (AvgIpc) is 3.81. The standard InChI is InChI=1S/C53H68N10O10S2/c1-30(65)43(27-64)60-52(72)45-29-75-74-28-44(61-47(67)38(55)23-32-13-4-3-5-14-32)51(71)59-41(24-34-17-12-16-33-15-6-7-18-36(33)34)50(70)58-42(25-35-26-56-39-20-9-8-19-37(35)39)49(69)57-40(21-10-11-22-54)48(68)63-46(31(2)66)53(73)62-45/h3-9,12-20,26,30-31,38,40-46,56,64-66H,10-11,21-25,27-29,54-55H2,1-2H3,(H,57,69)(H,58,70)(H,59,71)(H,60,72)(H,61,67)(H,62,73)(H,63,68)/t30-,31-,38-,40+,41-,42-,43-,44+,45+,46+/m1/s1. The first-order valence-electron chi connectivity index (χ1n) is 24.9. The summed E-state index contributed by atoms with van der Waals surface area (Å²) in [4.78, 5) is 104. The molecule has 1 aromatic heterocycles. The van der Waals surface area contributed by atoms with Crippen molar-refractivity contribution in [1.82, 2.24) is 42.2 Å². The van der Waals surface area contributed by atoms with Gasteiger partial charge in [0.15, 0.2) is 0 Å². The van der Waals surface area contributed by atoms with Crippen LogP contribution in [0.25, 0.3) is 21.7 Å². The van der Waals surface area contributed by atoms with Crippen LogP contribution in [-0.2, 0) is 52.8 Å². The number of nitrogens with two attached hydrogens (primary N) is 2. The lowest BCUT2D eigenvalue weighted by Gasteiger charge is -2.29. The van der Waals surface area contributed by atoms with E-state index in [1.54, 1.807) is 18.3 Å². The molecule has 6 rings (SSSR count). The van der Waals surface area contributed by atoms with Crippen LogP contribution in [0, 0.1) is 0 Å². The molecule has 4 aromatic carbocycles. The van der Waals surface area contributed by atoms with Gasteiger partial charge < -0.3 is 69.0 Å². The maximum absolute atomic E-state index is 15.1. The van der Waals surface area contributed by atoms with Crippen molar-refractivity contribution in [3.63, 3.8) is 0 Å². The maximum Gasteiger partial charge on any atom is 0.245 e. The van der Waals surface area contributed by atoms with Crippen molar-refractivity contribution in [2.45, 2.75) is 113 Å². The molecule has 0 aliphatic carbocycles. The molecule has 7 amide bonds. The lowest BCUT2D eigenvalue weighted by Crippen LogP contribution is -2.62. The van der Waals surface area contributed by atoms with Crippen LogP contribution in [0.1, 0.15) is 49.8 Å². The Bertz CT molecular complexity index is 2740. The fourth-order valence-electron chi connectivity index (χ4n) is 8.57. The predicted molar refractivity (Wildman–Crippen MR) is 290 cm³/mol. The average molecular weight is 1070 g/mol. The van der Waals surface area contributed by atoms with E-state index in [0.29, 0.717) is 24.0 Å². The molecule has 10 atom stereocenters. The molecule has 402 valence electrons. The number of H-pyrrole nitrogens is 1. The van der Waals surface area contributed by atoms with Crippen LogP contribution in [0.4, 0.5) is 0 Å². The zero-order valence-electron chi connectivity index (χ0n) is 41.8. The molecule has 22 heteroatoms. The van der Waals surface area contributed by atoms with Crippen LogP contribution in [0.3, 0.4) is 0 Å². The van der Waals surface area contributed by atoms with E-state index in [1.165, 1.54) is 13.8 Å². The number of carbonyl (C=O) groups excluding carboxylic acids is 7. The normalized spacial score (nSPS) is 22.3. The van der Waals surface area contributed by atoms with E-state index < -0.39 is 108 Å². The first-order chi connectivity index (χ1) is 36.1. The van der Waals surface area contributed by atoms with Gasteiger partial charge in [0.25, 0.3) is 0 Å².